The number of ether oxygens (including phenoxy) is 2. The van der Waals surface area contributed by atoms with Gasteiger partial charge < -0.3 is 15.2 Å². The van der Waals surface area contributed by atoms with E-state index in [1.165, 1.54) is 6.42 Å². The highest BCUT2D eigenvalue weighted by Crippen LogP contribution is 2.21. The van der Waals surface area contributed by atoms with Crippen molar-refractivity contribution < 1.29 is 9.47 Å². The Morgan fingerprint density at radius 3 is 2.74 bits per heavy atom. The summed E-state index contributed by atoms with van der Waals surface area (Å²) in [6.07, 6.45) is 3.49. The summed E-state index contributed by atoms with van der Waals surface area (Å²) in [5.41, 5.74) is 7.43. The molecular formula is C14H17N3O2. The second-order valence-corrected chi connectivity index (χ2v) is 4.70. The number of aromatic nitrogens is 2. The van der Waals surface area contributed by atoms with Crippen LogP contribution in [0.2, 0.25) is 0 Å². The first-order valence-electron chi connectivity index (χ1n) is 6.59. The molecule has 1 aromatic carbocycles. The molecule has 1 aliphatic heterocycles. The fourth-order valence-corrected chi connectivity index (χ4v) is 2.21. The summed E-state index contributed by atoms with van der Waals surface area (Å²) in [6, 6.07) is 7.60. The fraction of sp³-hybridized carbons (Fsp3) is 0.429. The van der Waals surface area contributed by atoms with Gasteiger partial charge in [-0.2, -0.15) is 0 Å². The Labute approximate surface area is 111 Å². The molecule has 0 aliphatic carbocycles. The van der Waals surface area contributed by atoms with E-state index < -0.39 is 0 Å². The smallest absolute Gasteiger partial charge is 0.257 e. The largest absolute Gasteiger partial charge is 0.472 e. The highest BCUT2D eigenvalue weighted by Gasteiger charge is 2.16. The first kappa shape index (κ1) is 12.2. The van der Waals surface area contributed by atoms with E-state index in [2.05, 4.69) is 9.97 Å². The maximum absolute atomic E-state index is 5.86. The van der Waals surface area contributed by atoms with E-state index in [4.69, 9.17) is 15.2 Å². The molecule has 1 saturated heterocycles. The highest BCUT2D eigenvalue weighted by atomic mass is 16.5. The van der Waals surface area contributed by atoms with E-state index in [1.807, 2.05) is 24.3 Å². The van der Waals surface area contributed by atoms with Gasteiger partial charge in [-0.15, -0.1) is 0 Å². The molecule has 1 aliphatic rings. The van der Waals surface area contributed by atoms with Gasteiger partial charge in [-0.1, -0.05) is 12.1 Å². The average molecular weight is 259 g/mol. The third-order valence-electron chi connectivity index (χ3n) is 3.24. The SMILES string of the molecule is Nc1nc2ccccc2nc1OCC1CCCCO1. The molecule has 5 heteroatoms. The lowest BCUT2D eigenvalue weighted by atomic mass is 10.1. The Bertz CT molecular complexity index is 568. The Morgan fingerprint density at radius 2 is 2.00 bits per heavy atom. The summed E-state index contributed by atoms with van der Waals surface area (Å²) in [7, 11) is 0. The minimum absolute atomic E-state index is 0.140. The zero-order chi connectivity index (χ0) is 13.1. The zero-order valence-electron chi connectivity index (χ0n) is 10.7. The van der Waals surface area contributed by atoms with Gasteiger partial charge in [0.15, 0.2) is 5.82 Å². The van der Waals surface area contributed by atoms with Crippen LogP contribution in [0.3, 0.4) is 0 Å². The summed E-state index contributed by atoms with van der Waals surface area (Å²) in [6.45, 7) is 1.30. The molecule has 0 radical (unpaired) electrons. The molecule has 1 unspecified atom stereocenters. The maximum Gasteiger partial charge on any atom is 0.257 e. The van der Waals surface area contributed by atoms with Crippen LogP contribution in [0.5, 0.6) is 5.88 Å². The molecule has 2 N–H and O–H groups in total. The number of rotatable bonds is 3. The van der Waals surface area contributed by atoms with Gasteiger partial charge in [-0.3, -0.25) is 0 Å². The number of anilines is 1. The summed E-state index contributed by atoms with van der Waals surface area (Å²) in [5, 5.41) is 0. The van der Waals surface area contributed by atoms with Crippen LogP contribution in [0.1, 0.15) is 19.3 Å². The van der Waals surface area contributed by atoms with Gasteiger partial charge in [-0.05, 0) is 31.4 Å². The number of nitrogens with zero attached hydrogens (tertiary/aromatic N) is 2. The van der Waals surface area contributed by atoms with Crippen molar-refractivity contribution in [2.75, 3.05) is 18.9 Å². The van der Waals surface area contributed by atoms with Crippen LogP contribution in [-0.2, 0) is 4.74 Å². The minimum atomic E-state index is 0.140. The summed E-state index contributed by atoms with van der Waals surface area (Å²) >= 11 is 0. The van der Waals surface area contributed by atoms with Gasteiger partial charge in [0.2, 0.25) is 0 Å². The van der Waals surface area contributed by atoms with E-state index >= 15 is 0 Å². The zero-order valence-corrected chi connectivity index (χ0v) is 10.7. The molecule has 1 atom stereocenters. The Morgan fingerprint density at radius 1 is 1.21 bits per heavy atom. The van der Waals surface area contributed by atoms with Gasteiger partial charge in [0.1, 0.15) is 6.61 Å². The second kappa shape index (κ2) is 5.40. The van der Waals surface area contributed by atoms with E-state index in [-0.39, 0.29) is 6.10 Å². The molecule has 2 heterocycles. The molecule has 19 heavy (non-hydrogen) atoms. The van der Waals surface area contributed by atoms with Gasteiger partial charge >= 0.3 is 0 Å². The number of fused-ring (bicyclic) bond motifs is 1. The Balaban J connectivity index is 1.74. The van der Waals surface area contributed by atoms with E-state index in [9.17, 15) is 0 Å². The van der Waals surface area contributed by atoms with Crippen LogP contribution in [0, 0.1) is 0 Å². The van der Waals surface area contributed by atoms with Crippen molar-refractivity contribution in [3.8, 4) is 5.88 Å². The molecule has 5 nitrogen and oxygen atoms in total. The minimum Gasteiger partial charge on any atom is -0.472 e. The van der Waals surface area contributed by atoms with Crippen molar-refractivity contribution in [1.29, 1.82) is 0 Å². The molecule has 3 rings (SSSR count). The van der Waals surface area contributed by atoms with E-state index in [0.717, 1.165) is 30.5 Å². The topological polar surface area (TPSA) is 70.3 Å². The van der Waals surface area contributed by atoms with Crippen molar-refractivity contribution in [3.63, 3.8) is 0 Å². The van der Waals surface area contributed by atoms with Crippen molar-refractivity contribution in [1.82, 2.24) is 9.97 Å². The number of benzene rings is 1. The Hall–Kier alpha value is -1.88. The van der Waals surface area contributed by atoms with Crippen LogP contribution in [-0.4, -0.2) is 29.3 Å². The van der Waals surface area contributed by atoms with Crippen LogP contribution in [0.25, 0.3) is 11.0 Å². The molecule has 1 aromatic heterocycles. The molecule has 0 saturated carbocycles. The monoisotopic (exact) mass is 259 g/mol. The molecule has 0 bridgehead atoms. The molecule has 100 valence electrons. The van der Waals surface area contributed by atoms with E-state index in [1.54, 1.807) is 0 Å². The van der Waals surface area contributed by atoms with Crippen molar-refractivity contribution in [2.24, 2.45) is 0 Å². The first-order chi connectivity index (χ1) is 9.33. The fourth-order valence-electron chi connectivity index (χ4n) is 2.21. The predicted molar refractivity (Wildman–Crippen MR) is 73.0 cm³/mol. The van der Waals surface area contributed by atoms with Gasteiger partial charge in [0, 0.05) is 6.61 Å². The van der Waals surface area contributed by atoms with E-state index in [0.29, 0.717) is 18.3 Å². The number of hydrogen-bond donors (Lipinski definition) is 1. The summed E-state index contributed by atoms with van der Waals surface area (Å²) in [5.74, 6) is 0.724. The number of hydrogen-bond acceptors (Lipinski definition) is 5. The lowest BCUT2D eigenvalue weighted by Crippen LogP contribution is -2.26. The molecule has 2 aromatic rings. The van der Waals surface area contributed by atoms with Crippen LogP contribution in [0.4, 0.5) is 5.82 Å². The average Bonchev–Trinajstić information content (AvgIpc) is 2.46. The lowest BCUT2D eigenvalue weighted by Gasteiger charge is -2.22. The predicted octanol–water partition coefficient (Wildman–Crippen LogP) is 2.16. The standard InChI is InChI=1S/C14H17N3O2/c15-13-14(19-9-10-5-3-4-8-18-10)17-12-7-2-1-6-11(12)16-13/h1-2,6-7,10H,3-5,8-9H2,(H2,15,16). The molecule has 0 spiro atoms. The van der Waals surface area contributed by atoms with Crippen molar-refractivity contribution in [3.05, 3.63) is 24.3 Å². The third kappa shape index (κ3) is 2.76. The third-order valence-corrected chi connectivity index (χ3v) is 3.24. The highest BCUT2D eigenvalue weighted by molar-refractivity contribution is 5.76. The van der Waals surface area contributed by atoms with Crippen molar-refractivity contribution >= 4 is 16.9 Å². The summed E-state index contributed by atoms with van der Waals surface area (Å²) < 4.78 is 11.3. The Kier molecular flexibility index (Phi) is 3.46. The maximum atomic E-state index is 5.86. The molecule has 1 fully saturated rings. The number of nitrogens with two attached hydrogens (primary N) is 1. The number of para-hydroxylation sites is 2. The molecular weight excluding hydrogens is 242 g/mol. The van der Waals surface area contributed by atoms with Crippen LogP contribution in [0.15, 0.2) is 24.3 Å². The normalized spacial score (nSPS) is 19.5. The van der Waals surface area contributed by atoms with Gasteiger partial charge in [0.05, 0.1) is 17.1 Å². The number of nitrogen functional groups attached to an aromatic ring is 1. The van der Waals surface area contributed by atoms with Gasteiger partial charge in [-0.25, -0.2) is 9.97 Å². The quantitative estimate of drug-likeness (QED) is 0.914. The van der Waals surface area contributed by atoms with Crippen molar-refractivity contribution in [2.45, 2.75) is 25.4 Å². The van der Waals surface area contributed by atoms with Crippen LogP contribution >= 0.6 is 0 Å². The lowest BCUT2D eigenvalue weighted by molar-refractivity contribution is -0.0117. The van der Waals surface area contributed by atoms with Crippen LogP contribution < -0.4 is 10.5 Å². The second-order valence-electron chi connectivity index (χ2n) is 4.70. The first-order valence-corrected chi connectivity index (χ1v) is 6.59. The summed E-state index contributed by atoms with van der Waals surface area (Å²) in [4.78, 5) is 8.68. The van der Waals surface area contributed by atoms with Gasteiger partial charge in [0.25, 0.3) is 5.88 Å². The molecule has 0 amide bonds.